The van der Waals surface area contributed by atoms with Crippen LogP contribution in [0.15, 0.2) is 0 Å². The fourth-order valence-electron chi connectivity index (χ4n) is 2.15. The predicted molar refractivity (Wildman–Crippen MR) is 77.8 cm³/mol. The summed E-state index contributed by atoms with van der Waals surface area (Å²) in [4.78, 5) is 0. The zero-order valence-corrected chi connectivity index (χ0v) is 12.7. The zero-order valence-electron chi connectivity index (χ0n) is 11.9. The largest absolute Gasteiger partial charge is 0.380 e. The molecule has 1 saturated heterocycles. The Bertz CT molecular complexity index is 206. The molecule has 1 heterocycles. The van der Waals surface area contributed by atoms with Gasteiger partial charge in [-0.3, -0.25) is 0 Å². The molecular formula is C14H29NOS. The first-order valence-corrected chi connectivity index (χ1v) is 8.04. The Morgan fingerprint density at radius 1 is 1.35 bits per heavy atom. The van der Waals surface area contributed by atoms with Crippen molar-refractivity contribution in [1.29, 1.82) is 0 Å². The number of thioether (sulfide) groups is 1. The van der Waals surface area contributed by atoms with Crippen LogP contribution in [0.1, 0.15) is 40.5 Å². The van der Waals surface area contributed by atoms with E-state index in [2.05, 4.69) is 44.8 Å². The van der Waals surface area contributed by atoms with E-state index in [1.54, 1.807) is 0 Å². The summed E-state index contributed by atoms with van der Waals surface area (Å²) < 4.78 is 5.62. The topological polar surface area (TPSA) is 21.3 Å². The average Bonchev–Trinajstić information content (AvgIpc) is 2.21. The second-order valence-corrected chi connectivity index (χ2v) is 7.36. The van der Waals surface area contributed by atoms with Crippen LogP contribution in [-0.4, -0.2) is 37.3 Å². The van der Waals surface area contributed by atoms with Crippen molar-refractivity contribution in [3.8, 4) is 0 Å². The maximum Gasteiger partial charge on any atom is 0.0591 e. The number of rotatable bonds is 7. The van der Waals surface area contributed by atoms with Crippen molar-refractivity contribution in [2.24, 2.45) is 11.3 Å². The van der Waals surface area contributed by atoms with E-state index in [-0.39, 0.29) is 0 Å². The molecule has 1 N–H and O–H groups in total. The molecule has 0 bridgehead atoms. The molecule has 1 rings (SSSR count). The molecule has 0 aromatic heterocycles. The van der Waals surface area contributed by atoms with Gasteiger partial charge in [0.15, 0.2) is 0 Å². The zero-order chi connectivity index (χ0) is 12.7. The molecule has 1 aliphatic rings. The highest BCUT2D eigenvalue weighted by atomic mass is 32.2. The molecule has 3 heteroatoms. The normalized spacial score (nSPS) is 24.2. The first-order chi connectivity index (χ1) is 7.99. The maximum atomic E-state index is 5.62. The fourth-order valence-corrected chi connectivity index (χ4v) is 3.46. The van der Waals surface area contributed by atoms with Gasteiger partial charge in [0, 0.05) is 24.9 Å². The molecule has 1 unspecified atom stereocenters. The van der Waals surface area contributed by atoms with Crippen molar-refractivity contribution in [2.75, 3.05) is 31.3 Å². The van der Waals surface area contributed by atoms with Crippen LogP contribution >= 0.6 is 11.8 Å². The molecular weight excluding hydrogens is 230 g/mol. The van der Waals surface area contributed by atoms with Crippen LogP contribution in [0.3, 0.4) is 0 Å². The number of hydrogen-bond donors (Lipinski definition) is 1. The van der Waals surface area contributed by atoms with Gasteiger partial charge in [0.1, 0.15) is 0 Å². The standard InChI is InChI=1S/C14H29NOS/c1-12(2)5-7-16-8-6-15-13-9-14(3,4)11-17-10-13/h12-13,15H,5-11H2,1-4H3. The van der Waals surface area contributed by atoms with E-state index in [1.807, 2.05) is 0 Å². The molecule has 0 aliphatic carbocycles. The van der Waals surface area contributed by atoms with Gasteiger partial charge in [-0.15, -0.1) is 0 Å². The molecule has 1 fully saturated rings. The molecule has 2 nitrogen and oxygen atoms in total. The van der Waals surface area contributed by atoms with Crippen LogP contribution in [0.25, 0.3) is 0 Å². The Hall–Kier alpha value is 0.270. The number of hydrogen-bond acceptors (Lipinski definition) is 3. The lowest BCUT2D eigenvalue weighted by atomic mass is 9.88. The monoisotopic (exact) mass is 259 g/mol. The Kier molecular flexibility index (Phi) is 6.90. The minimum Gasteiger partial charge on any atom is -0.380 e. The minimum absolute atomic E-state index is 0.499. The lowest BCUT2D eigenvalue weighted by molar-refractivity contribution is 0.122. The molecule has 0 aromatic rings. The second kappa shape index (κ2) is 7.65. The minimum atomic E-state index is 0.499. The Labute approximate surface area is 111 Å². The number of nitrogens with one attached hydrogen (secondary N) is 1. The van der Waals surface area contributed by atoms with Crippen LogP contribution in [0.5, 0.6) is 0 Å². The van der Waals surface area contributed by atoms with Gasteiger partial charge in [-0.2, -0.15) is 11.8 Å². The van der Waals surface area contributed by atoms with Crippen molar-refractivity contribution in [3.05, 3.63) is 0 Å². The third-order valence-corrected chi connectivity index (χ3v) is 4.75. The van der Waals surface area contributed by atoms with Crippen LogP contribution in [0, 0.1) is 11.3 Å². The molecule has 0 saturated carbocycles. The second-order valence-electron chi connectivity index (χ2n) is 6.33. The fraction of sp³-hybridized carbons (Fsp3) is 1.00. The van der Waals surface area contributed by atoms with Crippen molar-refractivity contribution in [3.63, 3.8) is 0 Å². The Balaban J connectivity index is 1.99. The quantitative estimate of drug-likeness (QED) is 0.710. The van der Waals surface area contributed by atoms with Crippen molar-refractivity contribution >= 4 is 11.8 Å². The first kappa shape index (κ1) is 15.3. The highest BCUT2D eigenvalue weighted by Gasteiger charge is 2.27. The molecule has 0 amide bonds. The molecule has 1 aliphatic heterocycles. The van der Waals surface area contributed by atoms with Gasteiger partial charge in [-0.25, -0.2) is 0 Å². The van der Waals surface area contributed by atoms with Crippen LogP contribution < -0.4 is 5.32 Å². The maximum absolute atomic E-state index is 5.62. The van der Waals surface area contributed by atoms with Crippen LogP contribution in [-0.2, 0) is 4.74 Å². The summed E-state index contributed by atoms with van der Waals surface area (Å²) in [5.74, 6) is 3.31. The summed E-state index contributed by atoms with van der Waals surface area (Å²) in [5, 5.41) is 3.62. The predicted octanol–water partition coefficient (Wildman–Crippen LogP) is 3.17. The summed E-state index contributed by atoms with van der Waals surface area (Å²) in [6.45, 7) is 12.0. The van der Waals surface area contributed by atoms with E-state index < -0.39 is 0 Å². The molecule has 0 spiro atoms. The van der Waals surface area contributed by atoms with Gasteiger partial charge in [-0.1, -0.05) is 27.7 Å². The lowest BCUT2D eigenvalue weighted by Crippen LogP contribution is -2.41. The SMILES string of the molecule is CC(C)CCOCCNC1CSCC(C)(C)C1. The van der Waals surface area contributed by atoms with Gasteiger partial charge >= 0.3 is 0 Å². The van der Waals surface area contributed by atoms with Crippen molar-refractivity contribution in [1.82, 2.24) is 5.32 Å². The third-order valence-electron chi connectivity index (χ3n) is 3.13. The molecule has 0 aromatic carbocycles. The molecule has 1 atom stereocenters. The van der Waals surface area contributed by atoms with E-state index in [1.165, 1.54) is 24.3 Å². The van der Waals surface area contributed by atoms with Gasteiger partial charge in [-0.05, 0) is 29.9 Å². The summed E-state index contributed by atoms with van der Waals surface area (Å²) in [5.41, 5.74) is 0.499. The van der Waals surface area contributed by atoms with E-state index in [9.17, 15) is 0 Å². The van der Waals surface area contributed by atoms with Gasteiger partial charge in [0.2, 0.25) is 0 Å². The lowest BCUT2D eigenvalue weighted by Gasteiger charge is -2.35. The smallest absolute Gasteiger partial charge is 0.0591 e. The van der Waals surface area contributed by atoms with E-state index >= 15 is 0 Å². The first-order valence-electron chi connectivity index (χ1n) is 6.88. The van der Waals surface area contributed by atoms with Gasteiger partial charge in [0.05, 0.1) is 6.61 Å². The number of ether oxygens (including phenoxy) is 1. The Morgan fingerprint density at radius 3 is 2.76 bits per heavy atom. The molecule has 17 heavy (non-hydrogen) atoms. The summed E-state index contributed by atoms with van der Waals surface area (Å²) in [6, 6.07) is 0.678. The highest BCUT2D eigenvalue weighted by Crippen LogP contribution is 2.33. The molecule has 0 radical (unpaired) electrons. The molecule has 102 valence electrons. The van der Waals surface area contributed by atoms with E-state index in [4.69, 9.17) is 4.74 Å². The summed E-state index contributed by atoms with van der Waals surface area (Å²) in [7, 11) is 0. The van der Waals surface area contributed by atoms with E-state index in [0.717, 1.165) is 25.7 Å². The van der Waals surface area contributed by atoms with Crippen LogP contribution in [0.4, 0.5) is 0 Å². The van der Waals surface area contributed by atoms with Gasteiger partial charge < -0.3 is 10.1 Å². The summed E-state index contributed by atoms with van der Waals surface area (Å²) >= 11 is 2.08. The Morgan fingerprint density at radius 2 is 2.12 bits per heavy atom. The summed E-state index contributed by atoms with van der Waals surface area (Å²) in [6.07, 6.45) is 2.47. The van der Waals surface area contributed by atoms with Crippen LogP contribution in [0.2, 0.25) is 0 Å². The van der Waals surface area contributed by atoms with Gasteiger partial charge in [0.25, 0.3) is 0 Å². The van der Waals surface area contributed by atoms with E-state index in [0.29, 0.717) is 11.5 Å². The van der Waals surface area contributed by atoms with Crippen molar-refractivity contribution < 1.29 is 4.74 Å². The van der Waals surface area contributed by atoms with Crippen molar-refractivity contribution in [2.45, 2.75) is 46.6 Å². The highest BCUT2D eigenvalue weighted by molar-refractivity contribution is 7.99. The average molecular weight is 259 g/mol. The third kappa shape index (κ3) is 7.32.